The third-order valence-corrected chi connectivity index (χ3v) is 6.48. The van der Waals surface area contributed by atoms with Crippen molar-refractivity contribution in [1.82, 2.24) is 0 Å². The molecule has 8 heteroatoms. The minimum atomic E-state index is -0.535. The van der Waals surface area contributed by atoms with Crippen LogP contribution in [0.25, 0.3) is 0 Å². The lowest BCUT2D eigenvalue weighted by atomic mass is 10.2. The van der Waals surface area contributed by atoms with E-state index in [4.69, 9.17) is 11.6 Å². The first-order valence-electron chi connectivity index (χ1n) is 8.83. The third kappa shape index (κ3) is 5.82. The number of rotatable bonds is 7. The van der Waals surface area contributed by atoms with Crippen molar-refractivity contribution in [3.63, 3.8) is 0 Å². The molecule has 29 heavy (non-hydrogen) atoms. The summed E-state index contributed by atoms with van der Waals surface area (Å²) in [7, 11) is 0. The predicted octanol–water partition coefficient (Wildman–Crippen LogP) is 6.30. The number of halogens is 2. The van der Waals surface area contributed by atoms with Gasteiger partial charge in [0.2, 0.25) is 5.91 Å². The Hall–Kier alpha value is -2.35. The Morgan fingerprint density at radius 3 is 2.59 bits per heavy atom. The average molecular weight is 449 g/mol. The van der Waals surface area contributed by atoms with E-state index in [0.717, 1.165) is 4.90 Å². The van der Waals surface area contributed by atoms with Gasteiger partial charge in [-0.15, -0.1) is 23.1 Å². The summed E-state index contributed by atoms with van der Waals surface area (Å²) in [6.07, 6.45) is 0.594. The number of hydrogen-bond donors (Lipinski definition) is 2. The zero-order chi connectivity index (χ0) is 20.8. The van der Waals surface area contributed by atoms with E-state index in [-0.39, 0.29) is 22.1 Å². The van der Waals surface area contributed by atoms with Crippen LogP contribution in [0.2, 0.25) is 5.02 Å². The molecule has 0 saturated heterocycles. The first kappa shape index (κ1) is 21.4. The lowest BCUT2D eigenvalue weighted by Crippen LogP contribution is -2.24. The van der Waals surface area contributed by atoms with E-state index in [1.807, 2.05) is 36.6 Å². The Morgan fingerprint density at radius 2 is 1.90 bits per heavy atom. The zero-order valence-corrected chi connectivity index (χ0v) is 17.8. The van der Waals surface area contributed by atoms with Crippen LogP contribution in [0.15, 0.2) is 64.9 Å². The van der Waals surface area contributed by atoms with Crippen LogP contribution in [-0.4, -0.2) is 17.1 Å². The van der Waals surface area contributed by atoms with Gasteiger partial charge in [0.15, 0.2) is 0 Å². The topological polar surface area (TPSA) is 58.2 Å². The third-order valence-electron chi connectivity index (χ3n) is 3.97. The molecular formula is C21H18ClFN2O2S2. The molecule has 2 N–H and O–H groups in total. The molecule has 0 aliphatic rings. The molecular weight excluding hydrogens is 431 g/mol. The number of carbonyl (C=O) groups is 2. The molecule has 2 aromatic carbocycles. The molecule has 0 radical (unpaired) electrons. The minimum absolute atomic E-state index is 0.0438. The molecule has 4 nitrogen and oxygen atoms in total. The number of hydrogen-bond acceptors (Lipinski definition) is 4. The van der Waals surface area contributed by atoms with Crippen molar-refractivity contribution < 1.29 is 14.0 Å². The van der Waals surface area contributed by atoms with Crippen LogP contribution < -0.4 is 10.6 Å². The molecule has 2 amide bonds. The Kier molecular flexibility index (Phi) is 7.30. The SMILES string of the molecule is CCC(Sc1cccc(NC(=O)c2cccs2)c1)C(=O)Nc1ccc(F)c(Cl)c1. The first-order chi connectivity index (χ1) is 14.0. The summed E-state index contributed by atoms with van der Waals surface area (Å²) in [5.74, 6) is -0.902. The van der Waals surface area contributed by atoms with E-state index in [1.165, 1.54) is 41.3 Å². The summed E-state index contributed by atoms with van der Waals surface area (Å²) in [5.41, 5.74) is 1.10. The fraction of sp³-hybridized carbons (Fsp3) is 0.143. The van der Waals surface area contributed by atoms with E-state index in [9.17, 15) is 14.0 Å². The van der Waals surface area contributed by atoms with Gasteiger partial charge in [0.25, 0.3) is 5.91 Å². The predicted molar refractivity (Wildman–Crippen MR) is 119 cm³/mol. The van der Waals surface area contributed by atoms with Gasteiger partial charge in [-0.25, -0.2) is 4.39 Å². The molecule has 0 spiro atoms. The molecule has 1 unspecified atom stereocenters. The van der Waals surface area contributed by atoms with Crippen molar-refractivity contribution in [2.24, 2.45) is 0 Å². The normalized spacial score (nSPS) is 11.7. The van der Waals surface area contributed by atoms with Gasteiger partial charge in [0, 0.05) is 16.3 Å². The van der Waals surface area contributed by atoms with Crippen LogP contribution in [0.4, 0.5) is 15.8 Å². The van der Waals surface area contributed by atoms with Gasteiger partial charge in [0.1, 0.15) is 5.82 Å². The van der Waals surface area contributed by atoms with Gasteiger partial charge in [-0.05, 0) is 54.3 Å². The largest absolute Gasteiger partial charge is 0.325 e. The summed E-state index contributed by atoms with van der Waals surface area (Å²) in [6, 6.07) is 15.0. The van der Waals surface area contributed by atoms with Crippen LogP contribution >= 0.6 is 34.7 Å². The van der Waals surface area contributed by atoms with E-state index in [2.05, 4.69) is 10.6 Å². The minimum Gasteiger partial charge on any atom is -0.325 e. The van der Waals surface area contributed by atoms with Crippen LogP contribution in [0.1, 0.15) is 23.0 Å². The molecule has 1 atom stereocenters. The quantitative estimate of drug-likeness (QED) is 0.417. The van der Waals surface area contributed by atoms with E-state index in [0.29, 0.717) is 22.7 Å². The van der Waals surface area contributed by atoms with Crippen LogP contribution in [0.3, 0.4) is 0 Å². The number of anilines is 2. The highest BCUT2D eigenvalue weighted by Crippen LogP contribution is 2.29. The van der Waals surface area contributed by atoms with Crippen molar-refractivity contribution >= 4 is 57.9 Å². The number of benzene rings is 2. The van der Waals surface area contributed by atoms with Gasteiger partial charge in [0.05, 0.1) is 15.1 Å². The standard InChI is InChI=1S/C21H18ClFN2O2S2/c1-2-18(20(26)25-14-8-9-17(23)16(22)12-14)29-15-6-3-5-13(11-15)24-21(27)19-7-4-10-28-19/h3-12,18H,2H2,1H3,(H,24,27)(H,25,26). The van der Waals surface area contributed by atoms with Crippen LogP contribution in [0, 0.1) is 5.82 Å². The number of nitrogens with one attached hydrogen (secondary N) is 2. The average Bonchev–Trinajstić information content (AvgIpc) is 3.24. The Morgan fingerprint density at radius 1 is 1.10 bits per heavy atom. The van der Waals surface area contributed by atoms with Gasteiger partial charge < -0.3 is 10.6 Å². The van der Waals surface area contributed by atoms with E-state index >= 15 is 0 Å². The maximum absolute atomic E-state index is 13.3. The molecule has 3 rings (SSSR count). The lowest BCUT2D eigenvalue weighted by Gasteiger charge is -2.15. The molecule has 150 valence electrons. The number of thiophene rings is 1. The van der Waals surface area contributed by atoms with Crippen LogP contribution in [-0.2, 0) is 4.79 Å². The van der Waals surface area contributed by atoms with Crippen LogP contribution in [0.5, 0.6) is 0 Å². The number of carbonyl (C=O) groups excluding carboxylic acids is 2. The molecule has 1 heterocycles. The fourth-order valence-corrected chi connectivity index (χ4v) is 4.34. The Labute approximate surface area is 181 Å². The van der Waals surface area contributed by atoms with E-state index < -0.39 is 5.82 Å². The highest BCUT2D eigenvalue weighted by atomic mass is 35.5. The lowest BCUT2D eigenvalue weighted by molar-refractivity contribution is -0.115. The Bertz CT molecular complexity index is 1010. The number of amides is 2. The highest BCUT2D eigenvalue weighted by Gasteiger charge is 2.19. The van der Waals surface area contributed by atoms with Crippen molar-refractivity contribution in [3.8, 4) is 0 Å². The molecule has 0 aliphatic carbocycles. The van der Waals surface area contributed by atoms with Gasteiger partial charge in [-0.2, -0.15) is 0 Å². The molecule has 0 saturated carbocycles. The second kappa shape index (κ2) is 9.91. The van der Waals surface area contributed by atoms with Crippen molar-refractivity contribution in [2.75, 3.05) is 10.6 Å². The smallest absolute Gasteiger partial charge is 0.265 e. The van der Waals surface area contributed by atoms with Gasteiger partial charge in [-0.3, -0.25) is 9.59 Å². The Balaban J connectivity index is 1.66. The molecule has 0 bridgehead atoms. The highest BCUT2D eigenvalue weighted by molar-refractivity contribution is 8.00. The molecule has 0 fully saturated rings. The van der Waals surface area contributed by atoms with E-state index in [1.54, 1.807) is 12.1 Å². The summed E-state index contributed by atoms with van der Waals surface area (Å²) >= 11 is 8.54. The maximum Gasteiger partial charge on any atom is 0.265 e. The molecule has 1 aromatic heterocycles. The van der Waals surface area contributed by atoms with Crippen molar-refractivity contribution in [3.05, 3.63) is 75.7 Å². The fourth-order valence-electron chi connectivity index (χ4n) is 2.53. The first-order valence-corrected chi connectivity index (χ1v) is 11.0. The monoisotopic (exact) mass is 448 g/mol. The second-order valence-electron chi connectivity index (χ2n) is 6.09. The summed E-state index contributed by atoms with van der Waals surface area (Å²) in [5, 5.41) is 7.08. The second-order valence-corrected chi connectivity index (χ2v) is 8.72. The summed E-state index contributed by atoms with van der Waals surface area (Å²) in [4.78, 5) is 26.3. The summed E-state index contributed by atoms with van der Waals surface area (Å²) < 4.78 is 13.3. The van der Waals surface area contributed by atoms with Crippen molar-refractivity contribution in [2.45, 2.75) is 23.5 Å². The zero-order valence-electron chi connectivity index (χ0n) is 15.4. The van der Waals surface area contributed by atoms with Gasteiger partial charge in [-0.1, -0.05) is 30.7 Å². The number of thioether (sulfide) groups is 1. The van der Waals surface area contributed by atoms with Gasteiger partial charge >= 0.3 is 0 Å². The van der Waals surface area contributed by atoms with Crippen molar-refractivity contribution in [1.29, 1.82) is 0 Å². The molecule has 3 aromatic rings. The molecule has 0 aliphatic heterocycles. The summed E-state index contributed by atoms with van der Waals surface area (Å²) in [6.45, 7) is 1.91. The maximum atomic E-state index is 13.3.